The van der Waals surface area contributed by atoms with E-state index < -0.39 is 11.1 Å². The highest BCUT2D eigenvalue weighted by atomic mass is 32.2. The van der Waals surface area contributed by atoms with Crippen molar-refractivity contribution in [3.63, 3.8) is 0 Å². The Bertz CT molecular complexity index is 458. The van der Waals surface area contributed by atoms with Gasteiger partial charge in [0.2, 0.25) is 0 Å². The van der Waals surface area contributed by atoms with Crippen LogP contribution in [0.1, 0.15) is 47.5 Å². The van der Waals surface area contributed by atoms with Crippen molar-refractivity contribution in [3.8, 4) is 0 Å². The van der Waals surface area contributed by atoms with E-state index in [2.05, 4.69) is 13.8 Å². The fraction of sp³-hybridized carbons (Fsp3) is 0.714. The van der Waals surface area contributed by atoms with Gasteiger partial charge >= 0.3 is 0 Å². The van der Waals surface area contributed by atoms with Crippen molar-refractivity contribution in [2.45, 2.75) is 53.1 Å². The Morgan fingerprint density at radius 3 is 2.56 bits per heavy atom. The minimum Gasteiger partial charge on any atom is -0.492 e. The first kappa shape index (κ1) is 13.8. The van der Waals surface area contributed by atoms with Crippen LogP contribution in [-0.2, 0) is 15.8 Å². The number of hydrogen-bond donors (Lipinski definition) is 1. The summed E-state index contributed by atoms with van der Waals surface area (Å²) in [5.74, 6) is 1.18. The van der Waals surface area contributed by atoms with Crippen LogP contribution in [-0.4, -0.2) is 14.4 Å². The largest absolute Gasteiger partial charge is 0.492 e. The van der Waals surface area contributed by atoms with Crippen LogP contribution in [0.15, 0.2) is 22.3 Å². The van der Waals surface area contributed by atoms with Gasteiger partial charge in [0.25, 0.3) is 0 Å². The lowest BCUT2D eigenvalue weighted by atomic mass is 9.68. The van der Waals surface area contributed by atoms with E-state index in [1.165, 1.54) is 0 Å². The number of rotatable bonds is 1. The molecular weight excluding hydrogens is 248 g/mol. The Morgan fingerprint density at radius 2 is 2.00 bits per heavy atom. The molecule has 1 aliphatic carbocycles. The van der Waals surface area contributed by atoms with Gasteiger partial charge in [0.15, 0.2) is 11.1 Å². The molecule has 0 amide bonds. The average molecular weight is 270 g/mol. The summed E-state index contributed by atoms with van der Waals surface area (Å²) in [7, 11) is 0. The van der Waals surface area contributed by atoms with Crippen LogP contribution < -0.4 is 0 Å². The lowest BCUT2D eigenvalue weighted by Crippen LogP contribution is -2.41. The summed E-state index contributed by atoms with van der Waals surface area (Å²) in [5, 5.41) is 0. The van der Waals surface area contributed by atoms with E-state index in [4.69, 9.17) is 4.74 Å². The van der Waals surface area contributed by atoms with Crippen molar-refractivity contribution in [1.82, 2.24) is 0 Å². The van der Waals surface area contributed by atoms with Gasteiger partial charge in [-0.2, -0.15) is 0 Å². The summed E-state index contributed by atoms with van der Waals surface area (Å²) >= 11 is -1.91. The van der Waals surface area contributed by atoms with Crippen molar-refractivity contribution in [2.24, 2.45) is 11.3 Å². The van der Waals surface area contributed by atoms with E-state index in [9.17, 15) is 8.76 Å². The first-order valence-electron chi connectivity index (χ1n) is 6.38. The number of ether oxygens (including phenoxy) is 1. The molecular formula is C14H22O3S. The molecule has 1 saturated heterocycles. The normalized spacial score (nSPS) is 31.2. The van der Waals surface area contributed by atoms with Crippen LogP contribution >= 0.6 is 0 Å². The lowest BCUT2D eigenvalue weighted by Gasteiger charge is -2.47. The van der Waals surface area contributed by atoms with E-state index >= 15 is 0 Å². The van der Waals surface area contributed by atoms with Crippen LogP contribution in [0, 0.1) is 11.3 Å². The maximum Gasteiger partial charge on any atom is 0.183 e. The minimum absolute atomic E-state index is 0.130. The van der Waals surface area contributed by atoms with Crippen LogP contribution in [0.5, 0.6) is 0 Å². The zero-order valence-electron chi connectivity index (χ0n) is 11.7. The molecule has 0 aromatic carbocycles. The van der Waals surface area contributed by atoms with E-state index in [-0.39, 0.29) is 16.9 Å². The van der Waals surface area contributed by atoms with E-state index in [1.807, 2.05) is 26.8 Å². The molecule has 1 fully saturated rings. The van der Waals surface area contributed by atoms with Crippen molar-refractivity contribution in [2.75, 3.05) is 0 Å². The van der Waals surface area contributed by atoms with E-state index in [0.29, 0.717) is 4.91 Å². The second kappa shape index (κ2) is 4.20. The summed E-state index contributed by atoms with van der Waals surface area (Å²) in [6, 6.07) is 0. The summed E-state index contributed by atoms with van der Waals surface area (Å²) in [5.41, 5.74) is 0.420. The predicted octanol–water partition coefficient (Wildman–Crippen LogP) is 3.61. The molecule has 2 unspecified atom stereocenters. The number of allylic oxidation sites excluding steroid dienone is 4. The number of fused-ring (bicyclic) bond motifs is 1. The van der Waals surface area contributed by atoms with Crippen molar-refractivity contribution < 1.29 is 13.5 Å². The van der Waals surface area contributed by atoms with Crippen LogP contribution in [0.4, 0.5) is 0 Å². The van der Waals surface area contributed by atoms with Crippen LogP contribution in [0.2, 0.25) is 0 Å². The van der Waals surface area contributed by atoms with Crippen molar-refractivity contribution >= 4 is 11.1 Å². The second-order valence-corrected chi connectivity index (χ2v) is 7.39. The molecule has 18 heavy (non-hydrogen) atoms. The maximum atomic E-state index is 11.6. The third kappa shape index (κ3) is 2.16. The van der Waals surface area contributed by atoms with Gasteiger partial charge in [0, 0.05) is 11.3 Å². The summed E-state index contributed by atoms with van der Waals surface area (Å²) < 4.78 is 27.1. The Morgan fingerprint density at radius 1 is 1.39 bits per heavy atom. The molecule has 1 aliphatic heterocycles. The molecule has 0 radical (unpaired) electrons. The van der Waals surface area contributed by atoms with Crippen molar-refractivity contribution in [1.29, 1.82) is 0 Å². The number of hydrogen-bond acceptors (Lipinski definition) is 2. The van der Waals surface area contributed by atoms with Gasteiger partial charge in [0.05, 0.1) is 4.91 Å². The fourth-order valence-electron chi connectivity index (χ4n) is 3.23. The van der Waals surface area contributed by atoms with Crippen LogP contribution in [0.3, 0.4) is 0 Å². The second-order valence-electron chi connectivity index (χ2n) is 6.48. The van der Waals surface area contributed by atoms with E-state index in [1.54, 1.807) is 0 Å². The third-order valence-corrected chi connectivity index (χ3v) is 5.32. The van der Waals surface area contributed by atoms with Gasteiger partial charge in [-0.05, 0) is 45.3 Å². The zero-order chi connectivity index (χ0) is 13.7. The SMILES string of the molecule is CC1=C(S(=O)O)C(C)(C)C2CCC(C)(C)OC2=C1. The average Bonchev–Trinajstić information content (AvgIpc) is 2.12. The standard InChI is InChI=1S/C14H22O3S/c1-9-8-11-10(6-7-13(2,3)17-11)14(4,5)12(9)18(15)16/h8,10H,6-7H2,1-5H3,(H,15,16). The Labute approximate surface area is 112 Å². The van der Waals surface area contributed by atoms with Gasteiger partial charge in [-0.1, -0.05) is 13.8 Å². The molecule has 0 aromatic heterocycles. The molecule has 1 heterocycles. The lowest BCUT2D eigenvalue weighted by molar-refractivity contribution is -0.0425. The molecule has 102 valence electrons. The van der Waals surface area contributed by atoms with Gasteiger partial charge in [-0.25, -0.2) is 4.21 Å². The minimum atomic E-state index is -1.91. The van der Waals surface area contributed by atoms with Gasteiger partial charge in [0.1, 0.15) is 11.4 Å². The molecule has 2 rings (SSSR count). The summed E-state index contributed by atoms with van der Waals surface area (Å²) in [4.78, 5) is 0.638. The molecule has 0 saturated carbocycles. The quantitative estimate of drug-likeness (QED) is 0.740. The zero-order valence-corrected chi connectivity index (χ0v) is 12.6. The topological polar surface area (TPSA) is 46.5 Å². The monoisotopic (exact) mass is 270 g/mol. The molecule has 0 aromatic rings. The Balaban J connectivity index is 2.49. The van der Waals surface area contributed by atoms with Crippen LogP contribution in [0.25, 0.3) is 0 Å². The molecule has 2 aliphatic rings. The van der Waals surface area contributed by atoms with Gasteiger partial charge in [-0.15, -0.1) is 0 Å². The summed E-state index contributed by atoms with van der Waals surface area (Å²) in [6.45, 7) is 10.2. The first-order valence-corrected chi connectivity index (χ1v) is 7.48. The van der Waals surface area contributed by atoms with Gasteiger partial charge < -0.3 is 9.29 Å². The molecule has 0 spiro atoms. The predicted molar refractivity (Wildman–Crippen MR) is 73.2 cm³/mol. The highest BCUT2D eigenvalue weighted by molar-refractivity contribution is 7.83. The summed E-state index contributed by atoms with van der Waals surface area (Å²) in [6.07, 6.45) is 3.92. The fourth-order valence-corrected chi connectivity index (χ4v) is 4.16. The Hall–Kier alpha value is -0.610. The highest BCUT2D eigenvalue weighted by Crippen LogP contribution is 2.51. The maximum absolute atomic E-state index is 11.6. The molecule has 4 heteroatoms. The van der Waals surface area contributed by atoms with Gasteiger partial charge in [-0.3, -0.25) is 0 Å². The first-order chi connectivity index (χ1) is 8.15. The third-order valence-electron chi connectivity index (χ3n) is 4.12. The molecule has 2 atom stereocenters. The van der Waals surface area contributed by atoms with E-state index in [0.717, 1.165) is 24.2 Å². The molecule has 1 N–H and O–H groups in total. The Kier molecular flexibility index (Phi) is 3.23. The molecule has 0 bridgehead atoms. The highest BCUT2D eigenvalue weighted by Gasteiger charge is 2.46. The smallest absolute Gasteiger partial charge is 0.183 e. The molecule has 3 nitrogen and oxygen atoms in total. The van der Waals surface area contributed by atoms with Crippen molar-refractivity contribution in [3.05, 3.63) is 22.3 Å².